The molecule has 24 heavy (non-hydrogen) atoms. The van der Waals surface area contributed by atoms with Crippen LogP contribution in [-0.4, -0.2) is 53.9 Å². The molecule has 0 aliphatic carbocycles. The third kappa shape index (κ3) is 4.18. The minimum atomic E-state index is -0.542. The first-order chi connectivity index (χ1) is 11.7. The number of hydrogen-bond acceptors (Lipinski definition) is 5. The Kier molecular flexibility index (Phi) is 5.19. The fourth-order valence-corrected chi connectivity index (χ4v) is 2.34. The Hall–Kier alpha value is -2.71. The number of morpholine rings is 1. The number of carbonyl (C=O) groups excluding carboxylic acids is 2. The maximum Gasteiger partial charge on any atom is 0.250 e. The van der Waals surface area contributed by atoms with E-state index >= 15 is 0 Å². The van der Waals surface area contributed by atoms with Crippen LogP contribution in [0.3, 0.4) is 0 Å². The van der Waals surface area contributed by atoms with Crippen molar-refractivity contribution in [2.45, 2.75) is 6.10 Å². The standard InChI is InChI=1S/C16H19N5O3/c22-15(11-18-16(23)14-10-17-7-9-24-14)20-12-2-4-13(5-3-12)21-8-1-6-19-21/h1-6,8,14,17H,7,9-11H2,(H,18,23)(H,20,22). The van der Waals surface area contributed by atoms with Crippen LogP contribution < -0.4 is 16.0 Å². The Balaban J connectivity index is 1.47. The van der Waals surface area contributed by atoms with E-state index in [2.05, 4.69) is 21.0 Å². The van der Waals surface area contributed by atoms with Crippen molar-refractivity contribution in [3.05, 3.63) is 42.7 Å². The molecule has 1 aromatic heterocycles. The Morgan fingerprint density at radius 3 is 2.83 bits per heavy atom. The average molecular weight is 329 g/mol. The van der Waals surface area contributed by atoms with E-state index in [0.29, 0.717) is 18.8 Å². The summed E-state index contributed by atoms with van der Waals surface area (Å²) in [6.45, 7) is 1.59. The molecule has 1 aliphatic heterocycles. The third-order valence-corrected chi connectivity index (χ3v) is 3.56. The molecule has 3 rings (SSSR count). The van der Waals surface area contributed by atoms with E-state index in [0.717, 1.165) is 12.2 Å². The van der Waals surface area contributed by atoms with E-state index in [-0.39, 0.29) is 18.4 Å². The smallest absolute Gasteiger partial charge is 0.250 e. The summed E-state index contributed by atoms with van der Waals surface area (Å²) in [5.41, 5.74) is 1.55. The predicted octanol–water partition coefficient (Wildman–Crippen LogP) is -0.0846. The van der Waals surface area contributed by atoms with Gasteiger partial charge in [0.15, 0.2) is 0 Å². The van der Waals surface area contributed by atoms with Gasteiger partial charge in [-0.25, -0.2) is 4.68 Å². The second-order valence-corrected chi connectivity index (χ2v) is 5.33. The molecule has 1 atom stereocenters. The van der Waals surface area contributed by atoms with Crippen LogP contribution in [0.5, 0.6) is 0 Å². The number of carbonyl (C=O) groups is 2. The minimum absolute atomic E-state index is 0.0976. The molecular formula is C16H19N5O3. The molecule has 0 spiro atoms. The van der Waals surface area contributed by atoms with Crippen LogP contribution in [0.2, 0.25) is 0 Å². The van der Waals surface area contributed by atoms with Crippen molar-refractivity contribution >= 4 is 17.5 Å². The number of benzene rings is 1. The number of hydrogen-bond donors (Lipinski definition) is 3. The van der Waals surface area contributed by atoms with Gasteiger partial charge in [0.2, 0.25) is 5.91 Å². The maximum atomic E-state index is 11.9. The second-order valence-electron chi connectivity index (χ2n) is 5.33. The molecule has 1 saturated heterocycles. The number of nitrogens with one attached hydrogen (secondary N) is 3. The van der Waals surface area contributed by atoms with Crippen molar-refractivity contribution in [1.82, 2.24) is 20.4 Å². The molecule has 1 aromatic carbocycles. The Morgan fingerprint density at radius 2 is 2.17 bits per heavy atom. The highest BCUT2D eigenvalue weighted by Gasteiger charge is 2.21. The number of ether oxygens (including phenoxy) is 1. The first kappa shape index (κ1) is 16.2. The molecule has 8 nitrogen and oxygen atoms in total. The second kappa shape index (κ2) is 7.71. The van der Waals surface area contributed by atoms with Crippen LogP contribution in [-0.2, 0) is 14.3 Å². The van der Waals surface area contributed by atoms with E-state index in [9.17, 15) is 9.59 Å². The fraction of sp³-hybridized carbons (Fsp3) is 0.312. The summed E-state index contributed by atoms with van der Waals surface area (Å²) >= 11 is 0. The zero-order chi connectivity index (χ0) is 16.8. The number of rotatable bonds is 5. The molecule has 2 amide bonds. The number of anilines is 1. The summed E-state index contributed by atoms with van der Waals surface area (Å²) in [6, 6.07) is 9.10. The summed E-state index contributed by atoms with van der Waals surface area (Å²) in [4.78, 5) is 23.8. The van der Waals surface area contributed by atoms with Gasteiger partial charge in [-0.3, -0.25) is 9.59 Å². The van der Waals surface area contributed by atoms with Crippen LogP contribution in [0, 0.1) is 0 Å². The first-order valence-corrected chi connectivity index (χ1v) is 7.72. The molecule has 2 heterocycles. The molecular weight excluding hydrogens is 310 g/mol. The van der Waals surface area contributed by atoms with Crippen molar-refractivity contribution < 1.29 is 14.3 Å². The number of amides is 2. The van der Waals surface area contributed by atoms with E-state index in [1.807, 2.05) is 24.4 Å². The molecule has 1 aliphatic rings. The van der Waals surface area contributed by atoms with Gasteiger partial charge >= 0.3 is 0 Å². The predicted molar refractivity (Wildman–Crippen MR) is 87.8 cm³/mol. The van der Waals surface area contributed by atoms with Crippen molar-refractivity contribution in [3.8, 4) is 5.69 Å². The van der Waals surface area contributed by atoms with Crippen molar-refractivity contribution in [2.24, 2.45) is 0 Å². The van der Waals surface area contributed by atoms with Gasteiger partial charge in [0.05, 0.1) is 18.8 Å². The SMILES string of the molecule is O=C(CNC(=O)C1CNCCO1)Nc1ccc(-n2cccn2)cc1. The lowest BCUT2D eigenvalue weighted by Crippen LogP contribution is -2.49. The Labute approximate surface area is 139 Å². The van der Waals surface area contributed by atoms with Gasteiger partial charge in [-0.1, -0.05) is 0 Å². The summed E-state index contributed by atoms with van der Waals surface area (Å²) in [7, 11) is 0. The van der Waals surface area contributed by atoms with E-state index in [4.69, 9.17) is 4.74 Å². The molecule has 126 valence electrons. The highest BCUT2D eigenvalue weighted by Crippen LogP contribution is 2.12. The first-order valence-electron chi connectivity index (χ1n) is 7.72. The Morgan fingerprint density at radius 1 is 1.33 bits per heavy atom. The normalized spacial score (nSPS) is 17.2. The summed E-state index contributed by atoms with van der Waals surface area (Å²) in [5.74, 6) is -0.578. The van der Waals surface area contributed by atoms with Crippen LogP contribution >= 0.6 is 0 Å². The highest BCUT2D eigenvalue weighted by molar-refractivity contribution is 5.95. The molecule has 0 radical (unpaired) electrons. The van der Waals surface area contributed by atoms with Gasteiger partial charge in [0.25, 0.3) is 5.91 Å². The largest absolute Gasteiger partial charge is 0.366 e. The van der Waals surface area contributed by atoms with E-state index in [1.54, 1.807) is 23.0 Å². The number of nitrogens with zero attached hydrogens (tertiary/aromatic N) is 2. The minimum Gasteiger partial charge on any atom is -0.366 e. The summed E-state index contributed by atoms with van der Waals surface area (Å²) in [6.07, 6.45) is 3.00. The molecule has 0 saturated carbocycles. The molecule has 3 N–H and O–H groups in total. The van der Waals surface area contributed by atoms with Crippen molar-refractivity contribution in [2.75, 3.05) is 31.6 Å². The molecule has 0 bridgehead atoms. The lowest BCUT2D eigenvalue weighted by molar-refractivity contribution is -0.135. The van der Waals surface area contributed by atoms with E-state index in [1.165, 1.54) is 0 Å². The van der Waals surface area contributed by atoms with Gasteiger partial charge in [0, 0.05) is 31.2 Å². The summed E-state index contributed by atoms with van der Waals surface area (Å²) < 4.78 is 7.05. The van der Waals surface area contributed by atoms with Crippen LogP contribution in [0.4, 0.5) is 5.69 Å². The zero-order valence-electron chi connectivity index (χ0n) is 13.1. The van der Waals surface area contributed by atoms with Crippen molar-refractivity contribution in [1.29, 1.82) is 0 Å². The van der Waals surface area contributed by atoms with Crippen LogP contribution in [0.25, 0.3) is 5.69 Å². The fourth-order valence-electron chi connectivity index (χ4n) is 2.34. The quantitative estimate of drug-likeness (QED) is 0.713. The van der Waals surface area contributed by atoms with Gasteiger partial charge < -0.3 is 20.7 Å². The maximum absolute atomic E-state index is 11.9. The lowest BCUT2D eigenvalue weighted by Gasteiger charge is -2.22. The van der Waals surface area contributed by atoms with Crippen LogP contribution in [0.1, 0.15) is 0 Å². The molecule has 8 heteroatoms. The Bertz CT molecular complexity index is 678. The molecule has 2 aromatic rings. The van der Waals surface area contributed by atoms with Crippen molar-refractivity contribution in [3.63, 3.8) is 0 Å². The zero-order valence-corrected chi connectivity index (χ0v) is 13.1. The molecule has 1 fully saturated rings. The van der Waals surface area contributed by atoms with Gasteiger partial charge in [-0.2, -0.15) is 5.10 Å². The summed E-state index contributed by atoms with van der Waals surface area (Å²) in [5, 5.41) is 12.5. The number of aromatic nitrogens is 2. The van der Waals surface area contributed by atoms with Gasteiger partial charge in [0.1, 0.15) is 6.10 Å². The third-order valence-electron chi connectivity index (χ3n) is 3.56. The van der Waals surface area contributed by atoms with Gasteiger partial charge in [-0.05, 0) is 30.3 Å². The van der Waals surface area contributed by atoms with E-state index < -0.39 is 6.10 Å². The van der Waals surface area contributed by atoms with Crippen LogP contribution in [0.15, 0.2) is 42.7 Å². The monoisotopic (exact) mass is 329 g/mol. The highest BCUT2D eigenvalue weighted by atomic mass is 16.5. The van der Waals surface area contributed by atoms with Gasteiger partial charge in [-0.15, -0.1) is 0 Å². The topological polar surface area (TPSA) is 97.3 Å². The average Bonchev–Trinajstić information content (AvgIpc) is 3.16. The lowest BCUT2D eigenvalue weighted by atomic mass is 10.2. The molecule has 1 unspecified atom stereocenters.